The van der Waals surface area contributed by atoms with Gasteiger partial charge in [-0.05, 0) is 12.1 Å². The SMILES string of the molecule is O=C(NS(=O)(=O)c1cccnc1)[C@]12CNC[C@H]1COC2. The van der Waals surface area contributed by atoms with E-state index in [1.165, 1.54) is 24.5 Å². The van der Waals surface area contributed by atoms with Crippen LogP contribution in [0.4, 0.5) is 0 Å². The van der Waals surface area contributed by atoms with Crippen LogP contribution in [0.15, 0.2) is 29.4 Å². The van der Waals surface area contributed by atoms with Crippen molar-refractivity contribution >= 4 is 15.9 Å². The topological polar surface area (TPSA) is 97.4 Å². The van der Waals surface area contributed by atoms with E-state index in [1.54, 1.807) is 0 Å². The summed E-state index contributed by atoms with van der Waals surface area (Å²) in [6, 6.07) is 2.91. The van der Waals surface area contributed by atoms with Gasteiger partial charge in [0.05, 0.1) is 18.6 Å². The molecule has 2 N–H and O–H groups in total. The molecular formula is C12H15N3O4S. The average Bonchev–Trinajstić information content (AvgIpc) is 2.99. The maximum atomic E-state index is 12.4. The highest BCUT2D eigenvalue weighted by atomic mass is 32.2. The summed E-state index contributed by atoms with van der Waals surface area (Å²) in [5, 5.41) is 3.12. The van der Waals surface area contributed by atoms with Crippen molar-refractivity contribution in [1.29, 1.82) is 0 Å². The monoisotopic (exact) mass is 297 g/mol. The largest absolute Gasteiger partial charge is 0.380 e. The van der Waals surface area contributed by atoms with E-state index in [2.05, 4.69) is 15.0 Å². The van der Waals surface area contributed by atoms with Crippen molar-refractivity contribution in [2.24, 2.45) is 11.3 Å². The smallest absolute Gasteiger partial charge is 0.265 e. The van der Waals surface area contributed by atoms with Gasteiger partial charge in [0, 0.05) is 31.4 Å². The van der Waals surface area contributed by atoms with Crippen LogP contribution in [-0.2, 0) is 19.6 Å². The maximum Gasteiger partial charge on any atom is 0.265 e. The van der Waals surface area contributed by atoms with Crippen molar-refractivity contribution < 1.29 is 17.9 Å². The van der Waals surface area contributed by atoms with Crippen LogP contribution >= 0.6 is 0 Å². The van der Waals surface area contributed by atoms with Crippen molar-refractivity contribution in [3.05, 3.63) is 24.5 Å². The zero-order valence-corrected chi connectivity index (χ0v) is 11.5. The molecule has 1 aromatic heterocycles. The second-order valence-electron chi connectivity index (χ2n) is 5.12. The molecule has 7 nitrogen and oxygen atoms in total. The first-order chi connectivity index (χ1) is 9.55. The molecule has 2 fully saturated rings. The van der Waals surface area contributed by atoms with Crippen LogP contribution in [0.25, 0.3) is 0 Å². The molecule has 2 atom stereocenters. The first kappa shape index (κ1) is 13.5. The standard InChI is InChI=1S/C12H15N3O4S/c16-11(12-7-14-4-9(12)6-19-8-12)15-20(17,18)10-2-1-3-13-5-10/h1-3,5,9,14H,4,6-8H2,(H,15,16)/t9-,12-/m0/s1. The molecule has 0 bridgehead atoms. The van der Waals surface area contributed by atoms with Gasteiger partial charge in [0.15, 0.2) is 0 Å². The number of pyridine rings is 1. The number of nitrogens with zero attached hydrogens (tertiary/aromatic N) is 1. The van der Waals surface area contributed by atoms with E-state index in [9.17, 15) is 13.2 Å². The van der Waals surface area contributed by atoms with Gasteiger partial charge in [-0.3, -0.25) is 9.78 Å². The van der Waals surface area contributed by atoms with Crippen LogP contribution in [-0.4, -0.2) is 45.6 Å². The van der Waals surface area contributed by atoms with Gasteiger partial charge in [0.25, 0.3) is 10.0 Å². The molecule has 1 aromatic rings. The van der Waals surface area contributed by atoms with Crippen molar-refractivity contribution in [2.45, 2.75) is 4.90 Å². The first-order valence-electron chi connectivity index (χ1n) is 6.30. The molecule has 2 aliphatic rings. The Bertz CT molecular complexity index is 607. The quantitative estimate of drug-likeness (QED) is 0.752. The predicted molar refractivity (Wildman–Crippen MR) is 69.2 cm³/mol. The lowest BCUT2D eigenvalue weighted by atomic mass is 9.80. The highest BCUT2D eigenvalue weighted by Gasteiger charge is 2.53. The summed E-state index contributed by atoms with van der Waals surface area (Å²) >= 11 is 0. The van der Waals surface area contributed by atoms with E-state index in [-0.39, 0.29) is 17.4 Å². The molecule has 2 saturated heterocycles. The van der Waals surface area contributed by atoms with Gasteiger partial charge in [-0.2, -0.15) is 0 Å². The fourth-order valence-electron chi connectivity index (χ4n) is 2.70. The lowest BCUT2D eigenvalue weighted by Crippen LogP contribution is -2.48. The van der Waals surface area contributed by atoms with Gasteiger partial charge in [0.2, 0.25) is 5.91 Å². The second-order valence-corrected chi connectivity index (χ2v) is 6.80. The van der Waals surface area contributed by atoms with Gasteiger partial charge in [-0.1, -0.05) is 0 Å². The Morgan fingerprint density at radius 1 is 1.55 bits per heavy atom. The number of sulfonamides is 1. The maximum absolute atomic E-state index is 12.4. The third-order valence-corrected chi connectivity index (χ3v) is 5.23. The van der Waals surface area contributed by atoms with Gasteiger partial charge in [-0.15, -0.1) is 0 Å². The molecule has 0 radical (unpaired) electrons. The summed E-state index contributed by atoms with van der Waals surface area (Å²) in [4.78, 5) is 16.1. The molecular weight excluding hydrogens is 282 g/mol. The van der Waals surface area contributed by atoms with Crippen LogP contribution in [0.1, 0.15) is 0 Å². The summed E-state index contributed by atoms with van der Waals surface area (Å²) in [6.07, 6.45) is 2.68. The van der Waals surface area contributed by atoms with Crippen LogP contribution in [0.5, 0.6) is 0 Å². The highest BCUT2D eigenvalue weighted by molar-refractivity contribution is 7.90. The molecule has 8 heteroatoms. The van der Waals surface area contributed by atoms with Gasteiger partial charge in [0.1, 0.15) is 4.90 Å². The minimum Gasteiger partial charge on any atom is -0.380 e. The summed E-state index contributed by atoms with van der Waals surface area (Å²) in [6.45, 7) is 1.83. The normalized spacial score (nSPS) is 29.1. The number of fused-ring (bicyclic) bond motifs is 1. The summed E-state index contributed by atoms with van der Waals surface area (Å²) < 4.78 is 31.8. The van der Waals surface area contributed by atoms with E-state index in [0.717, 1.165) is 0 Å². The first-order valence-corrected chi connectivity index (χ1v) is 7.79. The van der Waals surface area contributed by atoms with Gasteiger partial charge < -0.3 is 10.1 Å². The fourth-order valence-corrected chi connectivity index (χ4v) is 3.72. The number of rotatable bonds is 3. The Labute approximate surface area is 116 Å². The zero-order chi connectivity index (χ0) is 14.2. The molecule has 0 aromatic carbocycles. The summed E-state index contributed by atoms with van der Waals surface area (Å²) in [7, 11) is -3.89. The Balaban J connectivity index is 1.83. The van der Waals surface area contributed by atoms with Crippen molar-refractivity contribution in [3.8, 4) is 0 Å². The van der Waals surface area contributed by atoms with Crippen molar-refractivity contribution in [2.75, 3.05) is 26.3 Å². The minimum absolute atomic E-state index is 0.0200. The number of carbonyl (C=O) groups excluding carboxylic acids is 1. The average molecular weight is 297 g/mol. The molecule has 0 saturated carbocycles. The number of ether oxygens (including phenoxy) is 1. The summed E-state index contributed by atoms with van der Waals surface area (Å²) in [5.74, 6) is -0.486. The van der Waals surface area contributed by atoms with E-state index < -0.39 is 21.3 Å². The van der Waals surface area contributed by atoms with Gasteiger partial charge >= 0.3 is 0 Å². The third-order valence-electron chi connectivity index (χ3n) is 3.92. The van der Waals surface area contributed by atoms with Crippen molar-refractivity contribution in [1.82, 2.24) is 15.0 Å². The molecule has 0 unspecified atom stereocenters. The molecule has 108 valence electrons. The Morgan fingerprint density at radius 3 is 3.15 bits per heavy atom. The molecule has 2 aliphatic heterocycles. The summed E-state index contributed by atoms with van der Waals surface area (Å²) in [5.41, 5.74) is -0.782. The minimum atomic E-state index is -3.89. The van der Waals surface area contributed by atoms with Crippen LogP contribution < -0.4 is 10.0 Å². The second kappa shape index (κ2) is 4.80. The Morgan fingerprint density at radius 2 is 2.40 bits per heavy atom. The van der Waals surface area contributed by atoms with Crippen LogP contribution in [0.2, 0.25) is 0 Å². The van der Waals surface area contributed by atoms with E-state index in [1.807, 2.05) is 0 Å². The van der Waals surface area contributed by atoms with Crippen LogP contribution in [0, 0.1) is 11.3 Å². The van der Waals surface area contributed by atoms with E-state index >= 15 is 0 Å². The van der Waals surface area contributed by atoms with Crippen LogP contribution in [0.3, 0.4) is 0 Å². The third kappa shape index (κ3) is 2.09. The number of amides is 1. The molecule has 0 aliphatic carbocycles. The lowest BCUT2D eigenvalue weighted by Gasteiger charge is -2.24. The molecule has 0 spiro atoms. The Kier molecular flexibility index (Phi) is 3.23. The van der Waals surface area contributed by atoms with Gasteiger partial charge in [-0.25, -0.2) is 13.1 Å². The highest BCUT2D eigenvalue weighted by Crippen LogP contribution is 2.37. The lowest BCUT2D eigenvalue weighted by molar-refractivity contribution is -0.129. The molecule has 3 heterocycles. The fraction of sp³-hybridized carbons (Fsp3) is 0.500. The van der Waals surface area contributed by atoms with E-state index in [0.29, 0.717) is 19.7 Å². The number of nitrogens with one attached hydrogen (secondary N) is 2. The predicted octanol–water partition coefficient (Wildman–Crippen LogP) is -0.877. The van der Waals surface area contributed by atoms with E-state index in [4.69, 9.17) is 4.74 Å². The number of hydrogen-bond acceptors (Lipinski definition) is 6. The zero-order valence-electron chi connectivity index (χ0n) is 10.7. The number of hydrogen-bond donors (Lipinski definition) is 2. The molecule has 1 amide bonds. The molecule has 20 heavy (non-hydrogen) atoms. The number of carbonyl (C=O) groups is 1. The van der Waals surface area contributed by atoms with Crippen molar-refractivity contribution in [3.63, 3.8) is 0 Å². The number of aromatic nitrogens is 1. The Hall–Kier alpha value is -1.51. The molecule has 3 rings (SSSR count).